The van der Waals surface area contributed by atoms with Crippen LogP contribution in [0.5, 0.6) is 0 Å². The van der Waals surface area contributed by atoms with E-state index in [1.165, 1.54) is 4.90 Å². The van der Waals surface area contributed by atoms with E-state index < -0.39 is 12.2 Å². The molecule has 0 aromatic rings. The highest BCUT2D eigenvalue weighted by atomic mass is 19.1. The second kappa shape index (κ2) is 9.21. The fraction of sp³-hybridized carbons (Fsp3) is 0.857. The van der Waals surface area contributed by atoms with Crippen LogP contribution in [-0.2, 0) is 9.59 Å². The molecule has 1 saturated carbocycles. The maximum absolute atomic E-state index is 13.5. The first-order valence-corrected chi connectivity index (χ1v) is 10.4. The lowest BCUT2D eigenvalue weighted by atomic mass is 9.68. The van der Waals surface area contributed by atoms with E-state index in [0.29, 0.717) is 12.5 Å². The Bertz CT molecular complexity index is 608. The van der Waals surface area contributed by atoms with Crippen molar-refractivity contribution in [3.05, 3.63) is 0 Å². The van der Waals surface area contributed by atoms with Gasteiger partial charge in [0.2, 0.25) is 11.8 Å². The van der Waals surface area contributed by atoms with Gasteiger partial charge in [0.05, 0.1) is 19.2 Å². The van der Waals surface area contributed by atoms with Crippen LogP contribution in [0.4, 0.5) is 4.39 Å². The first-order chi connectivity index (χ1) is 13.1. The Hall–Kier alpha value is -1.68. The molecule has 2 atom stereocenters. The predicted octanol–water partition coefficient (Wildman–Crippen LogP) is 2.54. The van der Waals surface area contributed by atoms with Gasteiger partial charge in [-0.15, -0.1) is 0 Å². The monoisotopic (exact) mass is 394 g/mol. The van der Waals surface area contributed by atoms with E-state index in [4.69, 9.17) is 5.26 Å². The van der Waals surface area contributed by atoms with Crippen molar-refractivity contribution in [2.45, 2.75) is 84.0 Å². The molecule has 1 saturated heterocycles. The number of amides is 2. The summed E-state index contributed by atoms with van der Waals surface area (Å²) in [6.07, 6.45) is 3.06. The van der Waals surface area contributed by atoms with Crippen molar-refractivity contribution in [1.29, 1.82) is 5.26 Å². The fourth-order valence-corrected chi connectivity index (χ4v) is 4.02. The quantitative estimate of drug-likeness (QED) is 0.695. The number of rotatable bonds is 7. The fourth-order valence-electron chi connectivity index (χ4n) is 4.02. The van der Waals surface area contributed by atoms with Gasteiger partial charge in [0.1, 0.15) is 12.2 Å². The molecule has 0 aromatic carbocycles. The summed E-state index contributed by atoms with van der Waals surface area (Å²) in [5.74, 6) is 0.454. The molecule has 0 radical (unpaired) electrons. The summed E-state index contributed by atoms with van der Waals surface area (Å²) in [4.78, 5) is 26.4. The molecule has 2 amide bonds. The number of nitriles is 1. The number of alkyl halides is 1. The minimum absolute atomic E-state index is 0.00404. The van der Waals surface area contributed by atoms with E-state index in [-0.39, 0.29) is 42.3 Å². The van der Waals surface area contributed by atoms with Crippen molar-refractivity contribution < 1.29 is 14.0 Å². The van der Waals surface area contributed by atoms with Crippen molar-refractivity contribution in [3.63, 3.8) is 0 Å². The molecule has 0 unspecified atom stereocenters. The molecule has 7 heteroatoms. The third kappa shape index (κ3) is 5.66. The van der Waals surface area contributed by atoms with Gasteiger partial charge in [0.25, 0.3) is 0 Å². The molecule has 0 aromatic heterocycles. The molecule has 28 heavy (non-hydrogen) atoms. The van der Waals surface area contributed by atoms with E-state index in [9.17, 15) is 14.0 Å². The summed E-state index contributed by atoms with van der Waals surface area (Å²) in [5.41, 5.74) is -0.602. The molecule has 1 aliphatic carbocycles. The number of halogens is 1. The zero-order chi connectivity index (χ0) is 20.9. The van der Waals surface area contributed by atoms with Gasteiger partial charge < -0.3 is 15.5 Å². The molecular formula is C21H35FN4O2. The number of nitrogens with zero attached hydrogens (tertiary/aromatic N) is 2. The lowest BCUT2D eigenvalue weighted by molar-refractivity contribution is -0.134. The second-order valence-corrected chi connectivity index (χ2v) is 9.44. The van der Waals surface area contributed by atoms with Crippen molar-refractivity contribution in [2.24, 2.45) is 11.3 Å². The van der Waals surface area contributed by atoms with Crippen LogP contribution in [0, 0.1) is 22.7 Å². The van der Waals surface area contributed by atoms with E-state index in [2.05, 4.69) is 31.4 Å². The average molecular weight is 395 g/mol. The topological polar surface area (TPSA) is 85.2 Å². The number of carbonyl (C=O) groups is 2. The Morgan fingerprint density at radius 3 is 2.46 bits per heavy atom. The highest BCUT2D eigenvalue weighted by molar-refractivity contribution is 5.82. The van der Waals surface area contributed by atoms with Gasteiger partial charge >= 0.3 is 0 Å². The molecule has 2 fully saturated rings. The van der Waals surface area contributed by atoms with E-state index in [1.54, 1.807) is 0 Å². The van der Waals surface area contributed by atoms with Crippen LogP contribution in [0.3, 0.4) is 0 Å². The minimum Gasteiger partial charge on any atom is -0.356 e. The lowest BCUT2D eigenvalue weighted by Gasteiger charge is -2.43. The van der Waals surface area contributed by atoms with E-state index >= 15 is 0 Å². The Morgan fingerprint density at radius 2 is 1.89 bits per heavy atom. The zero-order valence-corrected chi connectivity index (χ0v) is 17.7. The molecule has 6 nitrogen and oxygen atoms in total. The van der Waals surface area contributed by atoms with Gasteiger partial charge in [-0.3, -0.25) is 9.59 Å². The maximum Gasteiger partial charge on any atom is 0.237 e. The van der Waals surface area contributed by atoms with Crippen LogP contribution >= 0.6 is 0 Å². The van der Waals surface area contributed by atoms with Gasteiger partial charge in [-0.1, -0.05) is 20.8 Å². The van der Waals surface area contributed by atoms with Crippen LogP contribution in [0.15, 0.2) is 0 Å². The molecule has 158 valence electrons. The van der Waals surface area contributed by atoms with Crippen molar-refractivity contribution in [1.82, 2.24) is 15.5 Å². The van der Waals surface area contributed by atoms with Crippen LogP contribution in [0.1, 0.15) is 66.2 Å². The summed E-state index contributed by atoms with van der Waals surface area (Å²) in [7, 11) is 0. The summed E-state index contributed by atoms with van der Waals surface area (Å²) in [6.45, 7) is 9.18. The van der Waals surface area contributed by atoms with E-state index in [1.807, 2.05) is 13.0 Å². The van der Waals surface area contributed by atoms with Crippen molar-refractivity contribution in [2.75, 3.05) is 19.6 Å². The Balaban J connectivity index is 1.81. The maximum atomic E-state index is 13.5. The molecule has 2 aliphatic rings. The SMILES string of the molecule is CC(C)CCNC(=O)C1(C)CCC(C)(NCC(=O)N2C[C@@H](F)C[C@H]2C#N)CC1. The zero-order valence-electron chi connectivity index (χ0n) is 17.7. The van der Waals surface area contributed by atoms with Gasteiger partial charge in [0.15, 0.2) is 0 Å². The smallest absolute Gasteiger partial charge is 0.237 e. The largest absolute Gasteiger partial charge is 0.356 e. The standard InChI is InChI=1S/C21H35FN4O2/c1-15(2)5-10-24-19(28)20(3)6-8-21(4,9-7-20)25-13-18(27)26-14-16(22)11-17(26)12-23/h15-17,25H,5-11,13-14H2,1-4H3,(H,24,28)/t16-,17-,20?,21?/m0/s1. The molecule has 0 spiro atoms. The molecule has 0 bridgehead atoms. The Kier molecular flexibility index (Phi) is 7.44. The van der Waals surface area contributed by atoms with Crippen molar-refractivity contribution >= 4 is 11.8 Å². The Morgan fingerprint density at radius 1 is 1.25 bits per heavy atom. The van der Waals surface area contributed by atoms with Gasteiger partial charge in [-0.2, -0.15) is 5.26 Å². The van der Waals surface area contributed by atoms with Gasteiger partial charge in [-0.25, -0.2) is 4.39 Å². The third-order valence-electron chi connectivity index (χ3n) is 6.40. The number of likely N-dealkylation sites (tertiary alicyclic amines) is 1. The molecule has 1 heterocycles. The van der Waals surface area contributed by atoms with Crippen molar-refractivity contribution in [3.8, 4) is 6.07 Å². The van der Waals surface area contributed by atoms with Crippen LogP contribution in [0.2, 0.25) is 0 Å². The van der Waals surface area contributed by atoms with Crippen LogP contribution in [-0.4, -0.2) is 54.1 Å². The minimum atomic E-state index is -1.12. The average Bonchev–Trinajstić information content (AvgIpc) is 3.03. The van der Waals surface area contributed by atoms with E-state index in [0.717, 1.165) is 32.1 Å². The third-order valence-corrected chi connectivity index (χ3v) is 6.40. The predicted molar refractivity (Wildman–Crippen MR) is 106 cm³/mol. The second-order valence-electron chi connectivity index (χ2n) is 9.44. The number of carbonyl (C=O) groups excluding carboxylic acids is 2. The van der Waals surface area contributed by atoms with Crippen LogP contribution < -0.4 is 10.6 Å². The first kappa shape index (κ1) is 22.6. The molecule has 1 aliphatic heterocycles. The Labute approximate surface area is 168 Å². The molecule has 2 N–H and O–H groups in total. The molecular weight excluding hydrogens is 359 g/mol. The summed E-state index contributed by atoms with van der Waals surface area (Å²) in [6, 6.07) is 1.35. The first-order valence-electron chi connectivity index (χ1n) is 10.4. The number of hydrogen-bond donors (Lipinski definition) is 2. The summed E-state index contributed by atoms with van der Waals surface area (Å²) >= 11 is 0. The summed E-state index contributed by atoms with van der Waals surface area (Å²) < 4.78 is 13.5. The normalized spacial score (nSPS) is 33.0. The highest BCUT2D eigenvalue weighted by Gasteiger charge is 2.42. The lowest BCUT2D eigenvalue weighted by Crippen LogP contribution is -2.53. The number of nitrogens with one attached hydrogen (secondary N) is 2. The summed E-state index contributed by atoms with van der Waals surface area (Å²) in [5, 5.41) is 15.5. The highest BCUT2D eigenvalue weighted by Crippen LogP contribution is 2.40. The van der Waals surface area contributed by atoms with Gasteiger partial charge in [0, 0.05) is 23.9 Å². The van der Waals surface area contributed by atoms with Crippen LogP contribution in [0.25, 0.3) is 0 Å². The van der Waals surface area contributed by atoms with Gasteiger partial charge in [-0.05, 0) is 44.9 Å². The molecule has 2 rings (SSSR count). The number of hydrogen-bond acceptors (Lipinski definition) is 4.